The van der Waals surface area contributed by atoms with Crippen molar-refractivity contribution in [2.24, 2.45) is 4.99 Å². The topological polar surface area (TPSA) is 43.6 Å². The fourth-order valence-electron chi connectivity index (χ4n) is 3.29. The summed E-state index contributed by atoms with van der Waals surface area (Å²) in [5.74, 6) is -0.532. The number of thiazole rings is 1. The normalized spacial score (nSPS) is 12.1. The molecule has 1 heterocycles. The summed E-state index contributed by atoms with van der Waals surface area (Å²) in [6.45, 7) is 1.02. The SMILES string of the molecule is COCCn1c(=NC(=O)Cc2cccc3ccccc23)sc2cc(F)ccc21. The second-order valence-corrected chi connectivity index (χ2v) is 7.47. The maximum absolute atomic E-state index is 13.6. The molecule has 0 bridgehead atoms. The lowest BCUT2D eigenvalue weighted by Gasteiger charge is -2.05. The van der Waals surface area contributed by atoms with E-state index in [2.05, 4.69) is 4.99 Å². The number of fused-ring (bicyclic) bond motifs is 2. The maximum Gasteiger partial charge on any atom is 0.252 e. The molecule has 4 nitrogen and oxygen atoms in total. The molecule has 1 aromatic heterocycles. The fourth-order valence-corrected chi connectivity index (χ4v) is 4.39. The van der Waals surface area contributed by atoms with Crippen molar-refractivity contribution in [3.05, 3.63) is 76.8 Å². The van der Waals surface area contributed by atoms with E-state index in [1.807, 2.05) is 47.0 Å². The van der Waals surface area contributed by atoms with E-state index in [1.54, 1.807) is 13.2 Å². The largest absolute Gasteiger partial charge is 0.383 e. The highest BCUT2D eigenvalue weighted by molar-refractivity contribution is 7.16. The molecule has 0 aliphatic heterocycles. The summed E-state index contributed by atoms with van der Waals surface area (Å²) in [5, 5.41) is 2.15. The molecule has 0 unspecified atom stereocenters. The van der Waals surface area contributed by atoms with E-state index in [0.717, 1.165) is 26.6 Å². The van der Waals surface area contributed by atoms with Gasteiger partial charge in [-0.05, 0) is 34.5 Å². The third-order valence-electron chi connectivity index (χ3n) is 4.61. The van der Waals surface area contributed by atoms with Crippen LogP contribution in [0.25, 0.3) is 21.0 Å². The van der Waals surface area contributed by atoms with Gasteiger partial charge < -0.3 is 9.30 Å². The van der Waals surface area contributed by atoms with E-state index in [1.165, 1.54) is 23.5 Å². The lowest BCUT2D eigenvalue weighted by Crippen LogP contribution is -2.19. The number of hydrogen-bond acceptors (Lipinski definition) is 3. The Morgan fingerprint density at radius 3 is 2.82 bits per heavy atom. The minimum absolute atomic E-state index is 0.217. The Kier molecular flexibility index (Phi) is 5.32. The van der Waals surface area contributed by atoms with Gasteiger partial charge in [-0.15, -0.1) is 0 Å². The van der Waals surface area contributed by atoms with Gasteiger partial charge in [-0.2, -0.15) is 4.99 Å². The predicted molar refractivity (Wildman–Crippen MR) is 110 cm³/mol. The van der Waals surface area contributed by atoms with Crippen molar-refractivity contribution in [2.75, 3.05) is 13.7 Å². The first-order valence-corrected chi connectivity index (χ1v) is 9.79. The molecule has 0 radical (unpaired) electrons. The van der Waals surface area contributed by atoms with E-state index in [-0.39, 0.29) is 18.1 Å². The molecule has 28 heavy (non-hydrogen) atoms. The molecule has 142 valence electrons. The summed E-state index contributed by atoms with van der Waals surface area (Å²) in [6.07, 6.45) is 0.217. The minimum Gasteiger partial charge on any atom is -0.383 e. The van der Waals surface area contributed by atoms with Crippen LogP contribution in [0.2, 0.25) is 0 Å². The molecule has 0 aliphatic rings. The van der Waals surface area contributed by atoms with Gasteiger partial charge in [0.05, 0.1) is 23.2 Å². The monoisotopic (exact) mass is 394 g/mol. The van der Waals surface area contributed by atoms with Gasteiger partial charge in [-0.3, -0.25) is 4.79 Å². The van der Waals surface area contributed by atoms with Crippen LogP contribution >= 0.6 is 11.3 Å². The van der Waals surface area contributed by atoms with Gasteiger partial charge in [0.25, 0.3) is 5.91 Å². The number of benzene rings is 3. The van der Waals surface area contributed by atoms with E-state index in [0.29, 0.717) is 18.0 Å². The van der Waals surface area contributed by atoms with Crippen LogP contribution in [0.15, 0.2) is 65.7 Å². The number of nitrogens with zero attached hydrogens (tertiary/aromatic N) is 2. The van der Waals surface area contributed by atoms with Crippen LogP contribution in [0.5, 0.6) is 0 Å². The molecule has 6 heteroatoms. The van der Waals surface area contributed by atoms with Crippen LogP contribution in [-0.4, -0.2) is 24.2 Å². The lowest BCUT2D eigenvalue weighted by atomic mass is 10.0. The van der Waals surface area contributed by atoms with Crippen molar-refractivity contribution in [1.82, 2.24) is 4.57 Å². The molecule has 0 saturated carbocycles. The highest BCUT2D eigenvalue weighted by Crippen LogP contribution is 2.20. The number of carbonyl (C=O) groups is 1. The van der Waals surface area contributed by atoms with Gasteiger partial charge in [0.1, 0.15) is 5.82 Å². The standard InChI is InChI=1S/C22H19FN2O2S/c1-27-12-11-25-19-10-9-17(23)14-20(19)28-22(25)24-21(26)13-16-7-4-6-15-5-2-3-8-18(15)16/h2-10,14H,11-13H2,1H3. The fraction of sp³-hybridized carbons (Fsp3) is 0.182. The summed E-state index contributed by atoms with van der Waals surface area (Å²) in [5.41, 5.74) is 1.79. The van der Waals surface area contributed by atoms with Crippen molar-refractivity contribution >= 4 is 38.2 Å². The number of carbonyl (C=O) groups excluding carboxylic acids is 1. The summed E-state index contributed by atoms with van der Waals surface area (Å²) < 4.78 is 21.4. The molecule has 4 aromatic rings. The van der Waals surface area contributed by atoms with Crippen LogP contribution in [0.3, 0.4) is 0 Å². The zero-order valence-corrected chi connectivity index (χ0v) is 16.2. The summed E-state index contributed by atoms with van der Waals surface area (Å²) in [4.78, 5) is 17.6. The van der Waals surface area contributed by atoms with Crippen LogP contribution in [-0.2, 0) is 22.5 Å². The van der Waals surface area contributed by atoms with Crippen molar-refractivity contribution in [2.45, 2.75) is 13.0 Å². The van der Waals surface area contributed by atoms with E-state index < -0.39 is 0 Å². The molecule has 3 aromatic carbocycles. The number of halogens is 1. The van der Waals surface area contributed by atoms with Gasteiger partial charge in [-0.1, -0.05) is 53.8 Å². The van der Waals surface area contributed by atoms with Crippen molar-refractivity contribution < 1.29 is 13.9 Å². The Bertz CT molecular complexity index is 1220. The molecular weight excluding hydrogens is 375 g/mol. The van der Waals surface area contributed by atoms with Gasteiger partial charge in [0.2, 0.25) is 0 Å². The molecule has 0 N–H and O–H groups in total. The molecular formula is C22H19FN2O2S. The average molecular weight is 394 g/mol. The molecule has 1 amide bonds. The first-order valence-electron chi connectivity index (χ1n) is 8.98. The number of hydrogen-bond donors (Lipinski definition) is 0. The zero-order valence-electron chi connectivity index (χ0n) is 15.4. The van der Waals surface area contributed by atoms with Crippen LogP contribution in [0.1, 0.15) is 5.56 Å². The van der Waals surface area contributed by atoms with Gasteiger partial charge >= 0.3 is 0 Å². The average Bonchev–Trinajstić information content (AvgIpc) is 3.02. The Hall–Kier alpha value is -2.83. The van der Waals surface area contributed by atoms with Crippen LogP contribution < -0.4 is 4.80 Å². The van der Waals surface area contributed by atoms with E-state index >= 15 is 0 Å². The van der Waals surface area contributed by atoms with Crippen LogP contribution in [0.4, 0.5) is 4.39 Å². The minimum atomic E-state index is -0.304. The number of ether oxygens (including phenoxy) is 1. The van der Waals surface area contributed by atoms with Gasteiger partial charge in [0.15, 0.2) is 4.80 Å². The Morgan fingerprint density at radius 2 is 1.96 bits per heavy atom. The number of rotatable bonds is 5. The molecule has 4 rings (SSSR count). The second-order valence-electron chi connectivity index (χ2n) is 6.46. The predicted octanol–water partition coefficient (Wildman–Crippen LogP) is 4.31. The van der Waals surface area contributed by atoms with Crippen molar-refractivity contribution in [3.63, 3.8) is 0 Å². The first kappa shape index (κ1) is 18.5. The summed E-state index contributed by atoms with van der Waals surface area (Å²) in [6, 6.07) is 18.5. The smallest absolute Gasteiger partial charge is 0.252 e. The summed E-state index contributed by atoms with van der Waals surface area (Å²) in [7, 11) is 1.62. The number of aromatic nitrogens is 1. The Morgan fingerprint density at radius 1 is 1.14 bits per heavy atom. The third kappa shape index (κ3) is 3.74. The molecule has 0 atom stereocenters. The molecule has 0 fully saturated rings. The summed E-state index contributed by atoms with van der Waals surface area (Å²) >= 11 is 1.31. The molecule has 0 saturated heterocycles. The quantitative estimate of drug-likeness (QED) is 0.506. The number of amides is 1. The Labute approximate surface area is 165 Å². The zero-order chi connectivity index (χ0) is 19.5. The van der Waals surface area contributed by atoms with Crippen molar-refractivity contribution in [1.29, 1.82) is 0 Å². The number of methoxy groups -OCH3 is 1. The van der Waals surface area contributed by atoms with Crippen molar-refractivity contribution in [3.8, 4) is 0 Å². The molecule has 0 aliphatic carbocycles. The Balaban J connectivity index is 1.73. The highest BCUT2D eigenvalue weighted by Gasteiger charge is 2.10. The van der Waals surface area contributed by atoms with E-state index in [4.69, 9.17) is 4.74 Å². The highest BCUT2D eigenvalue weighted by atomic mass is 32.1. The second kappa shape index (κ2) is 8.04. The van der Waals surface area contributed by atoms with Gasteiger partial charge in [0, 0.05) is 13.7 Å². The van der Waals surface area contributed by atoms with E-state index in [9.17, 15) is 9.18 Å². The van der Waals surface area contributed by atoms with Crippen LogP contribution in [0, 0.1) is 5.82 Å². The maximum atomic E-state index is 13.6. The molecule has 0 spiro atoms. The third-order valence-corrected chi connectivity index (χ3v) is 5.65. The van der Waals surface area contributed by atoms with Gasteiger partial charge in [-0.25, -0.2) is 4.39 Å². The lowest BCUT2D eigenvalue weighted by molar-refractivity contribution is -0.117. The first-order chi connectivity index (χ1) is 13.7.